The molecule has 0 aliphatic heterocycles. The first kappa shape index (κ1) is 13.9. The van der Waals surface area contributed by atoms with Crippen LogP contribution >= 0.6 is 15.9 Å². The highest BCUT2D eigenvalue weighted by atomic mass is 79.9. The van der Waals surface area contributed by atoms with E-state index in [4.69, 9.17) is 4.74 Å². The summed E-state index contributed by atoms with van der Waals surface area (Å²) in [5, 5.41) is 3.42. The van der Waals surface area contributed by atoms with E-state index in [0.717, 1.165) is 39.3 Å². The number of benzene rings is 2. The number of imidazole rings is 1. The van der Waals surface area contributed by atoms with Crippen molar-refractivity contribution in [1.82, 2.24) is 9.97 Å². The van der Waals surface area contributed by atoms with Crippen LogP contribution in [-0.2, 0) is 6.54 Å². The number of H-pyrrole nitrogens is 1. The summed E-state index contributed by atoms with van der Waals surface area (Å²) < 4.78 is 6.20. The standard InChI is InChI=1S/C16H16BrN3O/c1-10-19-14-5-4-12(8-15(14)20-10)18-9-11-3-6-16(21-2)13(17)7-11/h3-8,18H,9H2,1-2H3,(H,19,20). The van der Waals surface area contributed by atoms with Crippen molar-refractivity contribution in [3.8, 4) is 5.75 Å². The minimum absolute atomic E-state index is 0.751. The first-order chi connectivity index (χ1) is 10.2. The average Bonchev–Trinajstić information content (AvgIpc) is 2.84. The number of ether oxygens (including phenoxy) is 1. The molecule has 0 spiro atoms. The minimum Gasteiger partial charge on any atom is -0.496 e. The Hall–Kier alpha value is -2.01. The summed E-state index contributed by atoms with van der Waals surface area (Å²) in [4.78, 5) is 7.65. The van der Waals surface area contributed by atoms with E-state index in [0.29, 0.717) is 0 Å². The zero-order chi connectivity index (χ0) is 14.8. The van der Waals surface area contributed by atoms with E-state index in [2.05, 4.69) is 49.4 Å². The lowest BCUT2D eigenvalue weighted by Gasteiger charge is -2.09. The Morgan fingerprint density at radius 1 is 1.24 bits per heavy atom. The number of aromatic amines is 1. The lowest BCUT2D eigenvalue weighted by Crippen LogP contribution is -1.99. The second kappa shape index (κ2) is 5.77. The lowest BCUT2D eigenvalue weighted by atomic mass is 10.2. The largest absolute Gasteiger partial charge is 0.496 e. The smallest absolute Gasteiger partial charge is 0.133 e. The zero-order valence-electron chi connectivity index (χ0n) is 11.9. The molecule has 21 heavy (non-hydrogen) atoms. The molecule has 0 fully saturated rings. The number of aromatic nitrogens is 2. The van der Waals surface area contributed by atoms with Crippen LogP contribution in [0.5, 0.6) is 5.75 Å². The molecule has 1 heterocycles. The monoisotopic (exact) mass is 345 g/mol. The maximum Gasteiger partial charge on any atom is 0.133 e. The first-order valence-electron chi connectivity index (χ1n) is 6.68. The number of fused-ring (bicyclic) bond motifs is 1. The molecular formula is C16H16BrN3O. The predicted octanol–water partition coefficient (Wildman–Crippen LogP) is 4.25. The summed E-state index contributed by atoms with van der Waals surface area (Å²) in [7, 11) is 1.67. The fourth-order valence-electron chi connectivity index (χ4n) is 2.27. The van der Waals surface area contributed by atoms with E-state index in [1.54, 1.807) is 7.11 Å². The quantitative estimate of drug-likeness (QED) is 0.742. The van der Waals surface area contributed by atoms with E-state index in [1.165, 1.54) is 5.56 Å². The number of hydrogen-bond acceptors (Lipinski definition) is 3. The molecule has 0 unspecified atom stereocenters. The van der Waals surface area contributed by atoms with Crippen LogP contribution < -0.4 is 10.1 Å². The highest BCUT2D eigenvalue weighted by Crippen LogP contribution is 2.26. The maximum atomic E-state index is 5.23. The molecule has 2 N–H and O–H groups in total. The average molecular weight is 346 g/mol. The molecule has 108 valence electrons. The molecule has 0 saturated heterocycles. The van der Waals surface area contributed by atoms with Gasteiger partial charge in [0.15, 0.2) is 0 Å². The topological polar surface area (TPSA) is 49.9 Å². The molecule has 0 atom stereocenters. The molecular weight excluding hydrogens is 330 g/mol. The summed E-state index contributed by atoms with van der Waals surface area (Å²) in [6.45, 7) is 2.71. The van der Waals surface area contributed by atoms with Crippen LogP contribution in [0.2, 0.25) is 0 Å². The fraction of sp³-hybridized carbons (Fsp3) is 0.188. The minimum atomic E-state index is 0.751. The summed E-state index contributed by atoms with van der Waals surface area (Å²) in [5.41, 5.74) is 4.29. The summed E-state index contributed by atoms with van der Waals surface area (Å²) in [5.74, 6) is 1.77. The van der Waals surface area contributed by atoms with E-state index in [-0.39, 0.29) is 0 Å². The normalized spacial score (nSPS) is 10.8. The van der Waals surface area contributed by atoms with Crippen molar-refractivity contribution in [2.24, 2.45) is 0 Å². The number of hydrogen-bond donors (Lipinski definition) is 2. The number of rotatable bonds is 4. The molecule has 3 aromatic rings. The summed E-state index contributed by atoms with van der Waals surface area (Å²) in [6, 6.07) is 12.2. The molecule has 0 amide bonds. The Morgan fingerprint density at radius 2 is 2.10 bits per heavy atom. The molecule has 2 aromatic carbocycles. The van der Waals surface area contributed by atoms with Gasteiger partial charge in [-0.25, -0.2) is 4.98 Å². The molecule has 0 aliphatic rings. The van der Waals surface area contributed by atoms with Gasteiger partial charge in [0.1, 0.15) is 11.6 Å². The van der Waals surface area contributed by atoms with Crippen LogP contribution in [0.1, 0.15) is 11.4 Å². The van der Waals surface area contributed by atoms with Crippen LogP contribution in [0.3, 0.4) is 0 Å². The summed E-state index contributed by atoms with van der Waals surface area (Å²) in [6.07, 6.45) is 0. The van der Waals surface area contributed by atoms with Gasteiger partial charge in [-0.05, 0) is 58.7 Å². The molecule has 4 nitrogen and oxygen atoms in total. The van der Waals surface area contributed by atoms with E-state index in [9.17, 15) is 0 Å². The third-order valence-corrected chi connectivity index (χ3v) is 3.93. The lowest BCUT2D eigenvalue weighted by molar-refractivity contribution is 0.412. The van der Waals surface area contributed by atoms with Gasteiger partial charge in [0.05, 0.1) is 22.6 Å². The Balaban J connectivity index is 1.75. The SMILES string of the molecule is COc1ccc(CNc2ccc3nc(C)[nH]c3c2)cc1Br. The third kappa shape index (κ3) is 3.03. The van der Waals surface area contributed by atoms with Gasteiger partial charge in [-0.2, -0.15) is 0 Å². The van der Waals surface area contributed by atoms with Crippen molar-refractivity contribution < 1.29 is 4.74 Å². The molecule has 0 aliphatic carbocycles. The van der Waals surface area contributed by atoms with Gasteiger partial charge in [-0.3, -0.25) is 0 Å². The van der Waals surface area contributed by atoms with Gasteiger partial charge in [-0.1, -0.05) is 6.07 Å². The van der Waals surface area contributed by atoms with Crippen LogP contribution in [0, 0.1) is 6.92 Å². The molecule has 0 radical (unpaired) electrons. The number of anilines is 1. The Bertz CT molecular complexity index is 782. The van der Waals surface area contributed by atoms with Crippen molar-refractivity contribution in [1.29, 1.82) is 0 Å². The van der Waals surface area contributed by atoms with Crippen LogP contribution in [0.4, 0.5) is 5.69 Å². The maximum absolute atomic E-state index is 5.23. The first-order valence-corrected chi connectivity index (χ1v) is 7.47. The molecule has 5 heteroatoms. The number of aryl methyl sites for hydroxylation is 1. The van der Waals surface area contributed by atoms with Crippen molar-refractivity contribution in [3.05, 3.63) is 52.3 Å². The summed E-state index contributed by atoms with van der Waals surface area (Å²) >= 11 is 3.50. The van der Waals surface area contributed by atoms with Crippen molar-refractivity contribution >= 4 is 32.7 Å². The highest BCUT2D eigenvalue weighted by Gasteiger charge is 2.03. The van der Waals surface area contributed by atoms with Gasteiger partial charge < -0.3 is 15.0 Å². The molecule has 1 aromatic heterocycles. The van der Waals surface area contributed by atoms with Gasteiger partial charge in [0.25, 0.3) is 0 Å². The number of methoxy groups -OCH3 is 1. The highest BCUT2D eigenvalue weighted by molar-refractivity contribution is 9.10. The molecule has 0 saturated carbocycles. The van der Waals surface area contributed by atoms with Gasteiger partial charge in [0.2, 0.25) is 0 Å². The molecule has 3 rings (SSSR count). The van der Waals surface area contributed by atoms with E-state index < -0.39 is 0 Å². The number of halogens is 1. The van der Waals surface area contributed by atoms with E-state index >= 15 is 0 Å². The van der Waals surface area contributed by atoms with E-state index in [1.807, 2.05) is 25.1 Å². The Morgan fingerprint density at radius 3 is 2.86 bits per heavy atom. The second-order valence-corrected chi connectivity index (χ2v) is 5.73. The Labute approximate surface area is 131 Å². The predicted molar refractivity (Wildman–Crippen MR) is 88.9 cm³/mol. The van der Waals surface area contributed by atoms with Gasteiger partial charge in [-0.15, -0.1) is 0 Å². The van der Waals surface area contributed by atoms with Crippen LogP contribution in [-0.4, -0.2) is 17.1 Å². The third-order valence-electron chi connectivity index (χ3n) is 3.31. The number of nitrogens with one attached hydrogen (secondary N) is 2. The Kier molecular flexibility index (Phi) is 3.84. The van der Waals surface area contributed by atoms with Crippen LogP contribution in [0.25, 0.3) is 11.0 Å². The van der Waals surface area contributed by atoms with Crippen molar-refractivity contribution in [2.45, 2.75) is 13.5 Å². The van der Waals surface area contributed by atoms with Gasteiger partial charge in [0, 0.05) is 12.2 Å². The van der Waals surface area contributed by atoms with Crippen molar-refractivity contribution in [2.75, 3.05) is 12.4 Å². The second-order valence-electron chi connectivity index (χ2n) is 4.88. The van der Waals surface area contributed by atoms with Crippen molar-refractivity contribution in [3.63, 3.8) is 0 Å². The van der Waals surface area contributed by atoms with Gasteiger partial charge >= 0.3 is 0 Å². The molecule has 0 bridgehead atoms. The fourth-order valence-corrected chi connectivity index (χ4v) is 2.86. The number of nitrogens with zero attached hydrogens (tertiary/aromatic N) is 1. The van der Waals surface area contributed by atoms with Crippen LogP contribution in [0.15, 0.2) is 40.9 Å². The zero-order valence-corrected chi connectivity index (χ0v) is 13.5.